The second kappa shape index (κ2) is 6.21. The number of halogens is 2. The predicted molar refractivity (Wildman–Crippen MR) is 95.0 cm³/mol. The zero-order valence-corrected chi connectivity index (χ0v) is 14.2. The molecule has 23 heavy (non-hydrogen) atoms. The zero-order chi connectivity index (χ0) is 16.6. The highest BCUT2D eigenvalue weighted by molar-refractivity contribution is 6.31. The van der Waals surface area contributed by atoms with Gasteiger partial charge in [-0.1, -0.05) is 37.6 Å². The molecule has 0 radical (unpaired) electrons. The summed E-state index contributed by atoms with van der Waals surface area (Å²) in [6, 6.07) is 17.5. The quantitative estimate of drug-likeness (QED) is 0.527. The summed E-state index contributed by atoms with van der Waals surface area (Å²) >= 11 is 5.94. The summed E-state index contributed by atoms with van der Waals surface area (Å²) in [7, 11) is 0. The van der Waals surface area contributed by atoms with Crippen LogP contribution in [0.2, 0.25) is 5.02 Å². The van der Waals surface area contributed by atoms with E-state index >= 15 is 0 Å². The first-order chi connectivity index (χ1) is 11.0. The first-order valence-corrected chi connectivity index (χ1v) is 8.09. The molecule has 0 saturated heterocycles. The van der Waals surface area contributed by atoms with Crippen LogP contribution in [0.15, 0.2) is 54.6 Å². The Morgan fingerprint density at radius 2 is 1.65 bits per heavy atom. The Hall–Kier alpha value is -2.06. The fourth-order valence-electron chi connectivity index (χ4n) is 2.77. The summed E-state index contributed by atoms with van der Waals surface area (Å²) in [5, 5.41) is 0.142. The Bertz CT molecular complexity index is 831. The zero-order valence-electron chi connectivity index (χ0n) is 13.5. The fourth-order valence-corrected chi connectivity index (χ4v) is 2.95. The number of aromatic nitrogens is 1. The predicted octanol–water partition coefficient (Wildman–Crippen LogP) is 6.37. The lowest BCUT2D eigenvalue weighted by molar-refractivity contribution is 0.628. The Kier molecular flexibility index (Phi) is 4.27. The second-order valence-electron chi connectivity index (χ2n) is 6.07. The first kappa shape index (κ1) is 15.8. The van der Waals surface area contributed by atoms with E-state index in [9.17, 15) is 4.39 Å². The molecule has 118 valence electrons. The van der Waals surface area contributed by atoms with E-state index < -0.39 is 5.82 Å². The number of benzene rings is 2. The van der Waals surface area contributed by atoms with Gasteiger partial charge in [-0.2, -0.15) is 0 Å². The molecule has 1 aromatic heterocycles. The van der Waals surface area contributed by atoms with E-state index in [1.165, 1.54) is 11.6 Å². The minimum absolute atomic E-state index is 0.142. The molecule has 0 unspecified atom stereocenters. The van der Waals surface area contributed by atoms with Crippen molar-refractivity contribution in [3.63, 3.8) is 0 Å². The lowest BCUT2D eigenvalue weighted by Crippen LogP contribution is -2.00. The Morgan fingerprint density at radius 1 is 0.957 bits per heavy atom. The van der Waals surface area contributed by atoms with Gasteiger partial charge in [0.1, 0.15) is 5.82 Å². The minimum atomic E-state index is -0.397. The van der Waals surface area contributed by atoms with Crippen molar-refractivity contribution in [2.24, 2.45) is 0 Å². The molecule has 3 rings (SSSR count). The van der Waals surface area contributed by atoms with Gasteiger partial charge >= 0.3 is 0 Å². The van der Waals surface area contributed by atoms with Crippen LogP contribution in [0.3, 0.4) is 0 Å². The molecule has 0 aliphatic carbocycles. The van der Waals surface area contributed by atoms with Gasteiger partial charge in [0.05, 0.1) is 10.7 Å². The van der Waals surface area contributed by atoms with Crippen LogP contribution in [0.1, 0.15) is 31.0 Å². The smallest absolute Gasteiger partial charge is 0.141 e. The molecule has 0 saturated carbocycles. The third-order valence-corrected chi connectivity index (χ3v) is 4.40. The molecule has 0 atom stereocenters. The fraction of sp³-hybridized carbons (Fsp3) is 0.200. The number of hydrogen-bond acceptors (Lipinski definition) is 0. The van der Waals surface area contributed by atoms with Gasteiger partial charge in [0, 0.05) is 16.9 Å². The number of hydrogen-bond donors (Lipinski definition) is 0. The summed E-state index contributed by atoms with van der Waals surface area (Å²) in [6.07, 6.45) is 0. The highest BCUT2D eigenvalue weighted by Gasteiger charge is 2.11. The van der Waals surface area contributed by atoms with Gasteiger partial charge in [-0.15, -0.1) is 0 Å². The summed E-state index contributed by atoms with van der Waals surface area (Å²) in [6.45, 7) is 6.43. The Morgan fingerprint density at radius 3 is 2.26 bits per heavy atom. The van der Waals surface area contributed by atoms with Crippen molar-refractivity contribution in [1.29, 1.82) is 0 Å². The molecule has 0 spiro atoms. The van der Waals surface area contributed by atoms with Gasteiger partial charge in [-0.3, -0.25) is 0 Å². The van der Waals surface area contributed by atoms with E-state index in [1.54, 1.807) is 12.1 Å². The molecular formula is C20H19ClFN. The molecule has 2 aromatic carbocycles. The van der Waals surface area contributed by atoms with E-state index in [2.05, 4.69) is 55.7 Å². The summed E-state index contributed by atoms with van der Waals surface area (Å²) in [5.74, 6) is 0.108. The maximum Gasteiger partial charge on any atom is 0.141 e. The summed E-state index contributed by atoms with van der Waals surface area (Å²) in [5.41, 5.74) is 5.43. The van der Waals surface area contributed by atoms with Gasteiger partial charge in [0.25, 0.3) is 0 Å². The molecule has 0 aliphatic rings. The minimum Gasteiger partial charge on any atom is -0.314 e. The van der Waals surface area contributed by atoms with Gasteiger partial charge in [0.15, 0.2) is 0 Å². The van der Waals surface area contributed by atoms with Crippen LogP contribution in [0.25, 0.3) is 16.9 Å². The van der Waals surface area contributed by atoms with Crippen LogP contribution >= 0.6 is 11.6 Å². The number of aryl methyl sites for hydroxylation is 1. The lowest BCUT2D eigenvalue weighted by Gasteiger charge is -2.14. The molecule has 3 aromatic rings. The average Bonchev–Trinajstić information content (AvgIpc) is 2.92. The molecule has 1 nitrogen and oxygen atoms in total. The summed E-state index contributed by atoms with van der Waals surface area (Å²) < 4.78 is 15.6. The molecule has 0 amide bonds. The number of nitrogens with zero attached hydrogens (tertiary/aromatic N) is 1. The number of rotatable bonds is 3. The molecule has 0 bridgehead atoms. The first-order valence-electron chi connectivity index (χ1n) is 7.71. The van der Waals surface area contributed by atoms with E-state index in [4.69, 9.17) is 11.6 Å². The van der Waals surface area contributed by atoms with Crippen molar-refractivity contribution in [3.8, 4) is 16.9 Å². The van der Waals surface area contributed by atoms with Crippen molar-refractivity contribution < 1.29 is 4.39 Å². The Labute approximate surface area is 141 Å². The third-order valence-electron chi connectivity index (χ3n) is 4.11. The largest absolute Gasteiger partial charge is 0.314 e. The Balaban J connectivity index is 2.09. The standard InChI is InChI=1S/C20H19ClFN/c1-13(2)15-5-8-17(9-6-15)23-14(3)4-11-20(23)16-7-10-19(22)18(21)12-16/h4-13H,1-3H3. The maximum atomic E-state index is 13.4. The topological polar surface area (TPSA) is 4.93 Å². The SMILES string of the molecule is Cc1ccc(-c2ccc(F)c(Cl)c2)n1-c1ccc(C(C)C)cc1. The van der Waals surface area contributed by atoms with Gasteiger partial charge in [-0.25, -0.2) is 4.39 Å². The molecule has 1 heterocycles. The molecular weight excluding hydrogens is 309 g/mol. The van der Waals surface area contributed by atoms with E-state index in [1.807, 2.05) is 6.07 Å². The monoisotopic (exact) mass is 327 g/mol. The van der Waals surface area contributed by atoms with Crippen molar-refractivity contribution in [2.45, 2.75) is 26.7 Å². The summed E-state index contributed by atoms with van der Waals surface area (Å²) in [4.78, 5) is 0. The molecule has 0 aliphatic heterocycles. The van der Waals surface area contributed by atoms with E-state index in [-0.39, 0.29) is 5.02 Å². The van der Waals surface area contributed by atoms with Crippen LogP contribution < -0.4 is 0 Å². The lowest BCUT2D eigenvalue weighted by atomic mass is 10.0. The van der Waals surface area contributed by atoms with Crippen molar-refractivity contribution >= 4 is 11.6 Å². The van der Waals surface area contributed by atoms with Crippen LogP contribution in [0.4, 0.5) is 4.39 Å². The van der Waals surface area contributed by atoms with Gasteiger partial charge < -0.3 is 4.57 Å². The van der Waals surface area contributed by atoms with Crippen LogP contribution in [-0.4, -0.2) is 4.57 Å². The highest BCUT2D eigenvalue weighted by atomic mass is 35.5. The molecule has 0 fully saturated rings. The normalized spacial score (nSPS) is 11.2. The third kappa shape index (κ3) is 3.04. The van der Waals surface area contributed by atoms with Crippen molar-refractivity contribution in [1.82, 2.24) is 4.57 Å². The average molecular weight is 328 g/mol. The maximum absolute atomic E-state index is 13.4. The van der Waals surface area contributed by atoms with Crippen molar-refractivity contribution in [2.75, 3.05) is 0 Å². The molecule has 0 N–H and O–H groups in total. The van der Waals surface area contributed by atoms with Crippen LogP contribution in [0.5, 0.6) is 0 Å². The molecule has 3 heteroatoms. The highest BCUT2D eigenvalue weighted by Crippen LogP contribution is 2.30. The van der Waals surface area contributed by atoms with E-state index in [0.29, 0.717) is 5.92 Å². The van der Waals surface area contributed by atoms with Gasteiger partial charge in [-0.05, 0) is 60.9 Å². The van der Waals surface area contributed by atoms with E-state index in [0.717, 1.165) is 22.6 Å². The second-order valence-corrected chi connectivity index (χ2v) is 6.48. The van der Waals surface area contributed by atoms with Gasteiger partial charge in [0.2, 0.25) is 0 Å². The van der Waals surface area contributed by atoms with Crippen LogP contribution in [0, 0.1) is 12.7 Å². The van der Waals surface area contributed by atoms with Crippen LogP contribution in [-0.2, 0) is 0 Å². The van der Waals surface area contributed by atoms with Crippen molar-refractivity contribution in [3.05, 3.63) is 76.7 Å².